The fourth-order valence-electron chi connectivity index (χ4n) is 1.28. The van der Waals surface area contributed by atoms with Crippen molar-refractivity contribution in [3.05, 3.63) is 0 Å². The second kappa shape index (κ2) is 3.18. The van der Waals surface area contributed by atoms with Crippen molar-refractivity contribution in [1.29, 1.82) is 0 Å². The van der Waals surface area contributed by atoms with Crippen LogP contribution in [0.25, 0.3) is 0 Å². The number of piperidine rings is 1. The normalized spacial score (nSPS) is 32.0. The van der Waals surface area contributed by atoms with E-state index in [4.69, 9.17) is 0 Å². The minimum absolute atomic E-state index is 0.249. The van der Waals surface area contributed by atoms with Crippen LogP contribution in [0.4, 0.5) is 0 Å². The lowest BCUT2D eigenvalue weighted by Gasteiger charge is -2.24. The molecule has 0 spiro atoms. The van der Waals surface area contributed by atoms with E-state index in [0.29, 0.717) is 0 Å². The van der Waals surface area contributed by atoms with Crippen LogP contribution in [0.15, 0.2) is 0 Å². The Morgan fingerprint density at radius 2 is 2.33 bits per heavy atom. The summed E-state index contributed by atoms with van der Waals surface area (Å²) < 4.78 is 0. The van der Waals surface area contributed by atoms with Gasteiger partial charge in [-0.15, -0.1) is 0 Å². The van der Waals surface area contributed by atoms with E-state index in [1.165, 1.54) is 12.8 Å². The molecule has 1 rings (SSSR count). The highest BCUT2D eigenvalue weighted by atomic mass is 16.3. The van der Waals surface area contributed by atoms with E-state index in [1.807, 2.05) is 0 Å². The summed E-state index contributed by atoms with van der Waals surface area (Å²) in [4.78, 5) is 0. The predicted octanol–water partition coefficient (Wildman–Crippen LogP) is 0.948. The zero-order valence-corrected chi connectivity index (χ0v) is 5.89. The van der Waals surface area contributed by atoms with Crippen molar-refractivity contribution in [3.63, 3.8) is 0 Å². The Hall–Kier alpha value is -0.0800. The first kappa shape index (κ1) is 7.03. The smallest absolute Gasteiger partial charge is 0.105 e. The molecule has 0 aliphatic carbocycles. The van der Waals surface area contributed by atoms with Gasteiger partial charge in [-0.3, -0.25) is 0 Å². The van der Waals surface area contributed by atoms with Crippen LogP contribution in [0.3, 0.4) is 0 Å². The van der Waals surface area contributed by atoms with Gasteiger partial charge in [0.25, 0.3) is 0 Å². The second-order valence-corrected chi connectivity index (χ2v) is 2.76. The van der Waals surface area contributed by atoms with Crippen molar-refractivity contribution in [3.8, 4) is 0 Å². The third-order valence-electron chi connectivity index (χ3n) is 1.92. The quantitative estimate of drug-likeness (QED) is 0.560. The molecule has 1 N–H and O–H groups in total. The Labute approximate surface area is 56.3 Å². The van der Waals surface area contributed by atoms with Gasteiger partial charge in [-0.1, -0.05) is 6.42 Å². The first-order chi connectivity index (χ1) is 4.30. The van der Waals surface area contributed by atoms with Crippen LogP contribution in [-0.2, 0) is 5.11 Å². The molecule has 0 amide bonds. The molecule has 2 nitrogen and oxygen atoms in total. The number of hydrogen-bond donors (Lipinski definition) is 1. The molecule has 2 heteroatoms. The van der Waals surface area contributed by atoms with Gasteiger partial charge < -0.3 is 5.32 Å². The maximum Gasteiger partial charge on any atom is 0.105 e. The predicted molar refractivity (Wildman–Crippen MR) is 35.8 cm³/mol. The van der Waals surface area contributed by atoms with Gasteiger partial charge in [-0.05, 0) is 26.3 Å². The maximum absolute atomic E-state index is 10.8. The number of nitrogens with one attached hydrogen (secondary N) is 1. The highest BCUT2D eigenvalue weighted by Crippen LogP contribution is 2.09. The van der Waals surface area contributed by atoms with Crippen LogP contribution in [0.1, 0.15) is 26.2 Å². The summed E-state index contributed by atoms with van der Waals surface area (Å²) in [6.07, 6.45) is 3.11. The van der Waals surface area contributed by atoms with E-state index in [-0.39, 0.29) is 6.04 Å². The first-order valence-corrected chi connectivity index (χ1v) is 3.70. The average molecular weight is 128 g/mol. The molecule has 2 atom stereocenters. The van der Waals surface area contributed by atoms with Crippen LogP contribution in [0.5, 0.6) is 0 Å². The lowest BCUT2D eigenvalue weighted by Crippen LogP contribution is -2.41. The zero-order chi connectivity index (χ0) is 6.69. The van der Waals surface area contributed by atoms with Crippen molar-refractivity contribution in [2.24, 2.45) is 0 Å². The molecule has 0 saturated carbocycles. The third kappa shape index (κ3) is 1.95. The summed E-state index contributed by atoms with van der Waals surface area (Å²) in [6, 6.07) is 0.249. The molecular weight excluding hydrogens is 114 g/mol. The van der Waals surface area contributed by atoms with Gasteiger partial charge in [0, 0.05) is 6.04 Å². The van der Waals surface area contributed by atoms with E-state index in [2.05, 4.69) is 5.32 Å². The summed E-state index contributed by atoms with van der Waals surface area (Å²) in [5, 5.41) is 14.0. The van der Waals surface area contributed by atoms with Crippen molar-refractivity contribution in [2.45, 2.75) is 38.3 Å². The Morgan fingerprint density at radius 3 is 2.67 bits per heavy atom. The molecule has 1 aliphatic rings. The minimum Gasteiger partial charge on any atom is -0.311 e. The highest BCUT2D eigenvalue weighted by Gasteiger charge is 2.17. The molecule has 1 saturated heterocycles. The fourth-order valence-corrected chi connectivity index (χ4v) is 1.28. The standard InChI is InChI=1S/C7H14NO/c1-6(9)7-4-2-3-5-8-7/h6-8H,2-5H2,1H3. The molecule has 1 heterocycles. The Balaban J connectivity index is 2.23. The van der Waals surface area contributed by atoms with Crippen LogP contribution >= 0.6 is 0 Å². The molecule has 0 aromatic carbocycles. The average Bonchev–Trinajstić information content (AvgIpc) is 1.90. The lowest BCUT2D eigenvalue weighted by molar-refractivity contribution is 0.0596. The van der Waals surface area contributed by atoms with Gasteiger partial charge in [0.05, 0.1) is 0 Å². The molecule has 0 aromatic rings. The van der Waals surface area contributed by atoms with Crippen molar-refractivity contribution in [2.75, 3.05) is 6.54 Å². The lowest BCUT2D eigenvalue weighted by atomic mass is 10.0. The molecule has 1 fully saturated rings. The summed E-state index contributed by atoms with van der Waals surface area (Å²) in [6.45, 7) is 2.78. The van der Waals surface area contributed by atoms with Crippen molar-refractivity contribution >= 4 is 0 Å². The Morgan fingerprint density at radius 1 is 1.56 bits per heavy atom. The van der Waals surface area contributed by atoms with Gasteiger partial charge in [0.15, 0.2) is 0 Å². The molecular formula is C7H14NO. The Bertz CT molecular complexity index is 77.0. The molecule has 1 radical (unpaired) electrons. The van der Waals surface area contributed by atoms with Crippen LogP contribution in [0.2, 0.25) is 0 Å². The molecule has 0 aromatic heterocycles. The van der Waals surface area contributed by atoms with E-state index >= 15 is 0 Å². The van der Waals surface area contributed by atoms with Gasteiger partial charge in [0.2, 0.25) is 0 Å². The fraction of sp³-hybridized carbons (Fsp3) is 1.00. The topological polar surface area (TPSA) is 31.9 Å². The summed E-state index contributed by atoms with van der Waals surface area (Å²) in [7, 11) is 0. The highest BCUT2D eigenvalue weighted by molar-refractivity contribution is 4.75. The molecule has 53 valence electrons. The van der Waals surface area contributed by atoms with Crippen LogP contribution < -0.4 is 5.32 Å². The molecule has 1 aliphatic heterocycles. The van der Waals surface area contributed by atoms with E-state index < -0.39 is 6.10 Å². The second-order valence-electron chi connectivity index (χ2n) is 2.76. The van der Waals surface area contributed by atoms with Crippen LogP contribution in [0, 0.1) is 0 Å². The van der Waals surface area contributed by atoms with Crippen molar-refractivity contribution < 1.29 is 5.11 Å². The Kier molecular flexibility index (Phi) is 2.49. The molecule has 9 heavy (non-hydrogen) atoms. The minimum atomic E-state index is -0.426. The van der Waals surface area contributed by atoms with E-state index in [9.17, 15) is 5.11 Å². The van der Waals surface area contributed by atoms with Gasteiger partial charge in [0.1, 0.15) is 6.10 Å². The molecule has 0 bridgehead atoms. The summed E-state index contributed by atoms with van der Waals surface area (Å²) >= 11 is 0. The SMILES string of the molecule is CC([O])C1CCCCN1. The van der Waals surface area contributed by atoms with Crippen molar-refractivity contribution in [1.82, 2.24) is 5.32 Å². The zero-order valence-electron chi connectivity index (χ0n) is 5.89. The molecule has 2 unspecified atom stereocenters. The van der Waals surface area contributed by atoms with Gasteiger partial charge in [-0.2, -0.15) is 0 Å². The van der Waals surface area contributed by atoms with E-state index in [1.54, 1.807) is 6.92 Å². The number of hydrogen-bond acceptors (Lipinski definition) is 1. The first-order valence-electron chi connectivity index (χ1n) is 3.70. The maximum atomic E-state index is 10.8. The van der Waals surface area contributed by atoms with Crippen LogP contribution in [-0.4, -0.2) is 18.7 Å². The summed E-state index contributed by atoms with van der Waals surface area (Å²) in [5.41, 5.74) is 0. The largest absolute Gasteiger partial charge is 0.311 e. The van der Waals surface area contributed by atoms with Gasteiger partial charge in [-0.25, -0.2) is 5.11 Å². The van der Waals surface area contributed by atoms with E-state index in [0.717, 1.165) is 13.0 Å². The monoisotopic (exact) mass is 128 g/mol. The number of rotatable bonds is 1. The van der Waals surface area contributed by atoms with Gasteiger partial charge >= 0.3 is 0 Å². The third-order valence-corrected chi connectivity index (χ3v) is 1.92. The summed E-state index contributed by atoms with van der Waals surface area (Å²) in [5.74, 6) is 0.